The summed E-state index contributed by atoms with van der Waals surface area (Å²) in [6.07, 6.45) is 5.18. The average Bonchev–Trinajstić information content (AvgIpc) is 3.04. The quantitative estimate of drug-likeness (QED) is 0.251. The molecule has 3 aromatic rings. The van der Waals surface area contributed by atoms with Gasteiger partial charge in [-0.05, 0) is 58.9 Å². The molecule has 268 valence electrons. The maximum Gasteiger partial charge on any atom is 0.410 e. The third-order valence-electron chi connectivity index (χ3n) is 9.06. The highest BCUT2D eigenvalue weighted by Crippen LogP contribution is 2.42. The highest BCUT2D eigenvalue weighted by Gasteiger charge is 2.50. The number of piperidine rings is 1. The van der Waals surface area contributed by atoms with Crippen LogP contribution in [0, 0.1) is 5.82 Å². The van der Waals surface area contributed by atoms with E-state index < -0.39 is 42.1 Å². The lowest BCUT2D eigenvalue weighted by Gasteiger charge is -2.44. The number of halogens is 3. The van der Waals surface area contributed by atoms with E-state index in [1.54, 1.807) is 24.9 Å². The first-order chi connectivity index (χ1) is 23.7. The second-order valence-electron chi connectivity index (χ2n) is 14.4. The lowest BCUT2D eigenvalue weighted by molar-refractivity contribution is -0.120. The van der Waals surface area contributed by atoms with Crippen molar-refractivity contribution >= 4 is 17.8 Å². The Labute approximate surface area is 289 Å². The van der Waals surface area contributed by atoms with Crippen molar-refractivity contribution in [3.05, 3.63) is 65.6 Å². The van der Waals surface area contributed by atoms with Crippen LogP contribution in [0.2, 0.25) is 0 Å². The van der Waals surface area contributed by atoms with Crippen molar-refractivity contribution in [1.29, 1.82) is 0 Å². The summed E-state index contributed by atoms with van der Waals surface area (Å²) < 4.78 is 60.3. The Morgan fingerprint density at radius 2 is 1.76 bits per heavy atom. The van der Waals surface area contributed by atoms with E-state index in [-0.39, 0.29) is 35.3 Å². The van der Waals surface area contributed by atoms with Crippen LogP contribution < -0.4 is 14.4 Å². The first-order valence-electron chi connectivity index (χ1n) is 17.0. The van der Waals surface area contributed by atoms with E-state index in [0.29, 0.717) is 57.0 Å². The Morgan fingerprint density at radius 1 is 1.02 bits per heavy atom. The van der Waals surface area contributed by atoms with Crippen LogP contribution in [0.4, 0.5) is 23.8 Å². The van der Waals surface area contributed by atoms with Gasteiger partial charge in [-0.2, -0.15) is 0 Å². The number of rotatable bonds is 8. The summed E-state index contributed by atoms with van der Waals surface area (Å²) in [6.45, 7) is 11.0. The van der Waals surface area contributed by atoms with Gasteiger partial charge in [-0.25, -0.2) is 27.9 Å². The summed E-state index contributed by atoms with van der Waals surface area (Å²) in [5.41, 5.74) is 1.12. The topological polar surface area (TPSA) is 110 Å². The number of ether oxygens (including phenoxy) is 3. The predicted molar refractivity (Wildman–Crippen MR) is 178 cm³/mol. The fourth-order valence-corrected chi connectivity index (χ4v) is 6.65. The molecule has 11 nitrogen and oxygen atoms in total. The molecule has 14 heteroatoms. The standard InChI is InChI=1S/C36H43F3N6O5/c1-22(2)45(24-17-36(38,39)18-24)33(46)26-16-23(37)6-7-29(26)49-31-19-40-21-42-32(31)43-13-9-25(10-14-43)48-30-8-12-41-28-11-15-44(20-27(28)30)34(47)50-35(3,4)5/h6-8,12,16,19,21-22,24-25H,9-11,13-15,17-18,20H2,1-5H3. The van der Waals surface area contributed by atoms with Gasteiger partial charge >= 0.3 is 6.09 Å². The largest absolute Gasteiger partial charge is 0.490 e. The van der Waals surface area contributed by atoms with E-state index in [4.69, 9.17) is 14.2 Å². The minimum Gasteiger partial charge on any atom is -0.490 e. The highest BCUT2D eigenvalue weighted by molar-refractivity contribution is 5.97. The predicted octanol–water partition coefficient (Wildman–Crippen LogP) is 6.79. The number of aromatic nitrogens is 3. The van der Waals surface area contributed by atoms with Gasteiger partial charge in [0, 0.05) is 75.6 Å². The number of anilines is 1. The number of carbonyl (C=O) groups excluding carboxylic acids is 2. The molecule has 2 aliphatic heterocycles. The number of amides is 2. The smallest absolute Gasteiger partial charge is 0.410 e. The number of alkyl halides is 2. The van der Waals surface area contributed by atoms with Crippen molar-refractivity contribution in [3.63, 3.8) is 0 Å². The Kier molecular flexibility index (Phi) is 9.82. The molecule has 2 aromatic heterocycles. The van der Waals surface area contributed by atoms with Crippen molar-refractivity contribution in [3.8, 4) is 17.2 Å². The number of carbonyl (C=O) groups is 2. The number of hydrogen-bond donors (Lipinski definition) is 0. The van der Waals surface area contributed by atoms with Crippen LogP contribution in [0.5, 0.6) is 17.2 Å². The molecular formula is C36H43F3N6O5. The summed E-state index contributed by atoms with van der Waals surface area (Å²) in [5.74, 6) is -2.53. The van der Waals surface area contributed by atoms with Gasteiger partial charge in [-0.15, -0.1) is 0 Å². The first-order valence-corrected chi connectivity index (χ1v) is 17.0. The van der Waals surface area contributed by atoms with Gasteiger partial charge < -0.3 is 28.9 Å². The van der Waals surface area contributed by atoms with E-state index in [1.165, 1.54) is 29.6 Å². The van der Waals surface area contributed by atoms with Crippen molar-refractivity contribution in [2.75, 3.05) is 24.5 Å². The summed E-state index contributed by atoms with van der Waals surface area (Å²) in [6, 6.07) is 4.39. The van der Waals surface area contributed by atoms with Gasteiger partial charge in [0.05, 0.1) is 24.0 Å². The van der Waals surface area contributed by atoms with Crippen LogP contribution in [0.25, 0.3) is 0 Å². The zero-order chi connectivity index (χ0) is 35.8. The van der Waals surface area contributed by atoms with E-state index >= 15 is 0 Å². The fourth-order valence-electron chi connectivity index (χ4n) is 6.65. The summed E-state index contributed by atoms with van der Waals surface area (Å²) in [5, 5.41) is 0. The monoisotopic (exact) mass is 696 g/mol. The summed E-state index contributed by atoms with van der Waals surface area (Å²) in [4.78, 5) is 44.7. The highest BCUT2D eigenvalue weighted by atomic mass is 19.3. The molecule has 6 rings (SSSR count). The van der Waals surface area contributed by atoms with Crippen LogP contribution in [0.1, 0.15) is 81.9 Å². The fraction of sp³-hybridized carbons (Fsp3) is 0.528. The average molecular weight is 697 g/mol. The van der Waals surface area contributed by atoms with Crippen molar-refractivity contribution < 1.29 is 37.0 Å². The number of nitrogens with zero attached hydrogens (tertiary/aromatic N) is 6. The molecule has 2 amide bonds. The van der Waals surface area contributed by atoms with Crippen LogP contribution >= 0.6 is 0 Å². The zero-order valence-corrected chi connectivity index (χ0v) is 29.0. The van der Waals surface area contributed by atoms with Gasteiger partial charge in [0.1, 0.15) is 35.3 Å². The Bertz CT molecular complexity index is 1720. The number of hydrogen-bond acceptors (Lipinski definition) is 9. The lowest BCUT2D eigenvalue weighted by atomic mass is 9.85. The molecule has 1 aromatic carbocycles. The van der Waals surface area contributed by atoms with Gasteiger partial charge in [-0.1, -0.05) is 0 Å². The SMILES string of the molecule is CC(C)N(C(=O)c1cc(F)ccc1Oc1cncnc1N1CCC(Oc2ccnc3c2CN(C(=O)OC(C)(C)C)CC3)CC1)C1CC(F)(F)C1. The van der Waals surface area contributed by atoms with Gasteiger partial charge in [0.25, 0.3) is 11.8 Å². The summed E-state index contributed by atoms with van der Waals surface area (Å²) >= 11 is 0. The van der Waals surface area contributed by atoms with Gasteiger partial charge in [0.2, 0.25) is 0 Å². The minimum absolute atomic E-state index is 0.0678. The molecule has 2 fully saturated rings. The molecule has 0 unspecified atom stereocenters. The van der Waals surface area contributed by atoms with Crippen LogP contribution in [-0.2, 0) is 17.7 Å². The Hall–Kier alpha value is -4.62. The molecule has 4 heterocycles. The van der Waals surface area contributed by atoms with E-state index in [1.807, 2.05) is 31.7 Å². The minimum atomic E-state index is -2.82. The van der Waals surface area contributed by atoms with Crippen LogP contribution in [-0.4, -0.2) is 86.1 Å². The zero-order valence-electron chi connectivity index (χ0n) is 29.0. The maximum absolute atomic E-state index is 14.5. The second-order valence-corrected chi connectivity index (χ2v) is 14.4. The molecule has 0 atom stereocenters. The maximum atomic E-state index is 14.5. The van der Waals surface area contributed by atoms with E-state index in [9.17, 15) is 22.8 Å². The van der Waals surface area contributed by atoms with Crippen LogP contribution in [0.3, 0.4) is 0 Å². The number of fused-ring (bicyclic) bond motifs is 1. The molecule has 0 spiro atoms. The van der Waals surface area contributed by atoms with Crippen molar-refractivity contribution in [2.45, 2.75) is 103 Å². The Balaban J connectivity index is 1.13. The molecule has 3 aliphatic rings. The molecule has 50 heavy (non-hydrogen) atoms. The number of pyridine rings is 1. The second kappa shape index (κ2) is 13.9. The molecule has 1 aliphatic carbocycles. The number of benzene rings is 1. The third-order valence-corrected chi connectivity index (χ3v) is 9.06. The molecule has 0 bridgehead atoms. The molecule has 0 radical (unpaired) electrons. The van der Waals surface area contributed by atoms with Crippen molar-refractivity contribution in [1.82, 2.24) is 24.8 Å². The molecular weight excluding hydrogens is 653 g/mol. The normalized spacial score (nSPS) is 17.9. The third kappa shape index (κ3) is 7.89. The lowest BCUT2D eigenvalue weighted by Crippen LogP contribution is -2.55. The van der Waals surface area contributed by atoms with E-state index in [2.05, 4.69) is 15.0 Å². The van der Waals surface area contributed by atoms with Crippen LogP contribution in [0.15, 0.2) is 43.0 Å². The van der Waals surface area contributed by atoms with Gasteiger partial charge in [-0.3, -0.25) is 9.78 Å². The summed E-state index contributed by atoms with van der Waals surface area (Å²) in [7, 11) is 0. The Morgan fingerprint density at radius 3 is 2.44 bits per heavy atom. The van der Waals surface area contributed by atoms with Gasteiger partial charge in [0.15, 0.2) is 11.6 Å². The van der Waals surface area contributed by atoms with Crippen molar-refractivity contribution in [2.24, 2.45) is 0 Å². The first kappa shape index (κ1) is 35.2. The molecule has 1 saturated carbocycles. The molecule has 0 N–H and O–H groups in total. The molecule has 1 saturated heterocycles. The van der Waals surface area contributed by atoms with E-state index in [0.717, 1.165) is 17.3 Å².